The molecule has 102 valence electrons. The summed E-state index contributed by atoms with van der Waals surface area (Å²) < 4.78 is 5.69. The molecule has 1 saturated heterocycles. The maximum absolute atomic E-state index is 5.69. The van der Waals surface area contributed by atoms with E-state index in [0.29, 0.717) is 0 Å². The van der Waals surface area contributed by atoms with Crippen LogP contribution < -0.4 is 5.32 Å². The van der Waals surface area contributed by atoms with Crippen molar-refractivity contribution in [3.8, 4) is 0 Å². The van der Waals surface area contributed by atoms with Crippen molar-refractivity contribution >= 4 is 0 Å². The molecule has 0 spiro atoms. The van der Waals surface area contributed by atoms with E-state index in [1.165, 1.54) is 12.8 Å². The van der Waals surface area contributed by atoms with E-state index >= 15 is 0 Å². The van der Waals surface area contributed by atoms with Gasteiger partial charge in [-0.2, -0.15) is 0 Å². The maximum Gasteiger partial charge on any atom is 0.111 e. The number of hydrogen-bond acceptors (Lipinski definition) is 3. The van der Waals surface area contributed by atoms with Crippen LogP contribution in [0.1, 0.15) is 39.4 Å². The number of piperidine rings is 1. The first-order chi connectivity index (χ1) is 8.48. The molecule has 1 aliphatic rings. The van der Waals surface area contributed by atoms with Gasteiger partial charge in [-0.05, 0) is 65.9 Å². The molecule has 0 saturated carbocycles. The van der Waals surface area contributed by atoms with E-state index in [9.17, 15) is 0 Å². The van der Waals surface area contributed by atoms with Crippen LogP contribution in [0.25, 0.3) is 0 Å². The fourth-order valence-electron chi connectivity index (χ4n) is 3.03. The lowest BCUT2D eigenvalue weighted by molar-refractivity contribution is 0.0670. The molecule has 0 unspecified atom stereocenters. The fraction of sp³-hybridized carbons (Fsp3) is 0.733. The summed E-state index contributed by atoms with van der Waals surface area (Å²) in [7, 11) is 2.03. The molecule has 1 aromatic heterocycles. The van der Waals surface area contributed by atoms with Gasteiger partial charge in [0, 0.05) is 17.5 Å². The van der Waals surface area contributed by atoms with Gasteiger partial charge in [0.15, 0.2) is 0 Å². The molecule has 0 aromatic carbocycles. The van der Waals surface area contributed by atoms with Crippen molar-refractivity contribution in [2.24, 2.45) is 0 Å². The summed E-state index contributed by atoms with van der Waals surface area (Å²) in [5.41, 5.74) is 0.453. The van der Waals surface area contributed by atoms with Gasteiger partial charge in [0.2, 0.25) is 0 Å². The minimum absolute atomic E-state index is 0.181. The van der Waals surface area contributed by atoms with Crippen LogP contribution in [-0.2, 0) is 5.41 Å². The number of hydrogen-bond donors (Lipinski definition) is 1. The Hall–Kier alpha value is -0.800. The summed E-state index contributed by atoms with van der Waals surface area (Å²) >= 11 is 0. The monoisotopic (exact) mass is 250 g/mol. The van der Waals surface area contributed by atoms with Gasteiger partial charge >= 0.3 is 0 Å². The standard InChI is InChI=1S/C15H26N2O/c1-14(2,3)17-9-7-15(8-10-17,12-16-4)13-6-5-11-18-13/h5-6,11,16H,7-10,12H2,1-4H3. The highest BCUT2D eigenvalue weighted by molar-refractivity contribution is 5.17. The van der Waals surface area contributed by atoms with Crippen LogP contribution >= 0.6 is 0 Å². The van der Waals surface area contributed by atoms with Crippen molar-refractivity contribution in [1.29, 1.82) is 0 Å². The Kier molecular flexibility index (Phi) is 3.83. The largest absolute Gasteiger partial charge is 0.469 e. The van der Waals surface area contributed by atoms with Crippen LogP contribution in [-0.4, -0.2) is 37.1 Å². The molecule has 3 heteroatoms. The molecule has 0 atom stereocenters. The second-order valence-electron chi connectivity index (χ2n) is 6.45. The molecular weight excluding hydrogens is 224 g/mol. The first-order valence-electron chi connectivity index (χ1n) is 6.92. The van der Waals surface area contributed by atoms with Crippen LogP contribution in [0.5, 0.6) is 0 Å². The molecule has 1 fully saturated rings. The van der Waals surface area contributed by atoms with Gasteiger partial charge in [-0.3, -0.25) is 4.90 Å². The highest BCUT2D eigenvalue weighted by Gasteiger charge is 2.40. The van der Waals surface area contributed by atoms with E-state index in [0.717, 1.165) is 25.4 Å². The highest BCUT2D eigenvalue weighted by atomic mass is 16.3. The van der Waals surface area contributed by atoms with E-state index < -0.39 is 0 Å². The van der Waals surface area contributed by atoms with Crippen LogP contribution in [0.15, 0.2) is 22.8 Å². The third kappa shape index (κ3) is 2.62. The summed E-state index contributed by atoms with van der Waals surface area (Å²) in [5.74, 6) is 1.14. The smallest absolute Gasteiger partial charge is 0.111 e. The number of likely N-dealkylation sites (N-methyl/N-ethyl adjacent to an activating group) is 1. The number of furan rings is 1. The second-order valence-corrected chi connectivity index (χ2v) is 6.45. The lowest BCUT2D eigenvalue weighted by atomic mass is 9.75. The molecule has 0 aliphatic carbocycles. The Morgan fingerprint density at radius 3 is 2.44 bits per heavy atom. The van der Waals surface area contributed by atoms with Gasteiger partial charge in [-0.1, -0.05) is 0 Å². The van der Waals surface area contributed by atoms with Gasteiger partial charge in [0.05, 0.1) is 6.26 Å². The molecule has 3 nitrogen and oxygen atoms in total. The maximum atomic E-state index is 5.69. The summed E-state index contributed by atoms with van der Waals surface area (Å²) in [6.07, 6.45) is 4.13. The Labute approximate surface area is 111 Å². The van der Waals surface area contributed by atoms with E-state index in [4.69, 9.17) is 4.42 Å². The first kappa shape index (κ1) is 13.6. The van der Waals surface area contributed by atoms with Crippen LogP contribution in [0.3, 0.4) is 0 Å². The van der Waals surface area contributed by atoms with Gasteiger partial charge in [0.25, 0.3) is 0 Å². The predicted molar refractivity (Wildman–Crippen MR) is 74.9 cm³/mol. The van der Waals surface area contributed by atoms with Gasteiger partial charge in [-0.15, -0.1) is 0 Å². The Bertz CT molecular complexity index is 356. The van der Waals surface area contributed by atoms with E-state index in [-0.39, 0.29) is 11.0 Å². The topological polar surface area (TPSA) is 28.4 Å². The number of likely N-dealkylation sites (tertiary alicyclic amines) is 1. The zero-order valence-corrected chi connectivity index (χ0v) is 12.1. The number of nitrogens with zero attached hydrogens (tertiary/aromatic N) is 1. The minimum Gasteiger partial charge on any atom is -0.469 e. The van der Waals surface area contributed by atoms with Crippen molar-refractivity contribution in [3.05, 3.63) is 24.2 Å². The quantitative estimate of drug-likeness (QED) is 0.894. The van der Waals surface area contributed by atoms with Crippen molar-refractivity contribution in [3.63, 3.8) is 0 Å². The van der Waals surface area contributed by atoms with E-state index in [1.807, 2.05) is 13.1 Å². The number of rotatable bonds is 3. The van der Waals surface area contributed by atoms with Crippen molar-refractivity contribution in [2.45, 2.75) is 44.6 Å². The molecule has 1 aromatic rings. The van der Waals surface area contributed by atoms with E-state index in [2.05, 4.69) is 37.1 Å². The Balaban J connectivity index is 2.12. The van der Waals surface area contributed by atoms with Crippen molar-refractivity contribution in [2.75, 3.05) is 26.7 Å². The molecule has 18 heavy (non-hydrogen) atoms. The normalized spacial score (nSPS) is 21.1. The minimum atomic E-state index is 0.181. The third-order valence-electron chi connectivity index (χ3n) is 4.23. The van der Waals surface area contributed by atoms with Crippen molar-refractivity contribution in [1.82, 2.24) is 10.2 Å². The molecular formula is C15H26N2O. The molecule has 2 heterocycles. The Morgan fingerprint density at radius 2 is 2.00 bits per heavy atom. The average molecular weight is 250 g/mol. The number of nitrogens with one attached hydrogen (secondary N) is 1. The van der Waals surface area contributed by atoms with E-state index in [1.54, 1.807) is 6.26 Å². The third-order valence-corrected chi connectivity index (χ3v) is 4.23. The SMILES string of the molecule is CNCC1(c2ccco2)CCN(C(C)(C)C)CC1. The average Bonchev–Trinajstić information content (AvgIpc) is 2.82. The van der Waals surface area contributed by atoms with Gasteiger partial charge in [-0.25, -0.2) is 0 Å². The lowest BCUT2D eigenvalue weighted by Gasteiger charge is -2.45. The summed E-state index contributed by atoms with van der Waals surface area (Å²) in [6.45, 7) is 10.2. The summed E-state index contributed by atoms with van der Waals surface area (Å²) in [5, 5.41) is 3.34. The zero-order valence-electron chi connectivity index (χ0n) is 12.1. The lowest BCUT2D eigenvalue weighted by Crippen LogP contribution is -2.52. The predicted octanol–water partition coefficient (Wildman–Crippen LogP) is 2.63. The van der Waals surface area contributed by atoms with Gasteiger partial charge in [0.1, 0.15) is 5.76 Å². The molecule has 0 radical (unpaired) electrons. The van der Waals surface area contributed by atoms with Crippen LogP contribution in [0.4, 0.5) is 0 Å². The highest BCUT2D eigenvalue weighted by Crippen LogP contribution is 2.37. The van der Waals surface area contributed by atoms with Crippen molar-refractivity contribution < 1.29 is 4.42 Å². The van der Waals surface area contributed by atoms with Crippen LogP contribution in [0.2, 0.25) is 0 Å². The summed E-state index contributed by atoms with van der Waals surface area (Å²) in [6, 6.07) is 4.13. The van der Waals surface area contributed by atoms with Gasteiger partial charge < -0.3 is 9.73 Å². The zero-order chi connectivity index (χ0) is 13.2. The molecule has 0 amide bonds. The Morgan fingerprint density at radius 1 is 1.33 bits per heavy atom. The fourth-order valence-corrected chi connectivity index (χ4v) is 3.03. The molecule has 2 rings (SSSR count). The molecule has 1 N–H and O–H groups in total. The molecule has 0 bridgehead atoms. The first-order valence-corrected chi connectivity index (χ1v) is 6.92. The summed E-state index contributed by atoms with van der Waals surface area (Å²) in [4.78, 5) is 2.57. The van der Waals surface area contributed by atoms with Crippen LogP contribution in [0, 0.1) is 0 Å². The second kappa shape index (κ2) is 5.06. The molecule has 1 aliphatic heterocycles.